The summed E-state index contributed by atoms with van der Waals surface area (Å²) in [5.74, 6) is 1.54. The van der Waals surface area contributed by atoms with Crippen LogP contribution in [0.25, 0.3) is 10.2 Å². The van der Waals surface area contributed by atoms with Crippen LogP contribution in [0.3, 0.4) is 0 Å². The van der Waals surface area contributed by atoms with E-state index in [-0.39, 0.29) is 12.5 Å². The molecule has 1 amide bonds. The highest BCUT2D eigenvalue weighted by molar-refractivity contribution is 7.17. The molecule has 4 aromatic rings. The van der Waals surface area contributed by atoms with Crippen LogP contribution in [0.5, 0.6) is 11.6 Å². The number of thiophene rings is 1. The Morgan fingerprint density at radius 2 is 1.94 bits per heavy atom. The Balaban J connectivity index is 1.32. The van der Waals surface area contributed by atoms with Crippen LogP contribution >= 0.6 is 11.3 Å². The lowest BCUT2D eigenvalue weighted by Crippen LogP contribution is -2.34. The van der Waals surface area contributed by atoms with Gasteiger partial charge in [-0.15, -0.1) is 11.3 Å². The first kappa shape index (κ1) is 23.8. The zero-order valence-electron chi connectivity index (χ0n) is 19.7. The fourth-order valence-corrected chi connectivity index (χ4v) is 4.92. The Kier molecular flexibility index (Phi) is 7.11. The van der Waals surface area contributed by atoms with Gasteiger partial charge in [0.1, 0.15) is 10.4 Å². The highest BCUT2D eigenvalue weighted by Crippen LogP contribution is 2.34. The Labute approximate surface area is 213 Å². The summed E-state index contributed by atoms with van der Waals surface area (Å²) in [6.45, 7) is 5.66. The number of benzene rings is 2. The molecule has 9 heteroatoms. The number of fused-ring (bicyclic) bond motifs is 1. The number of amides is 1. The zero-order valence-corrected chi connectivity index (χ0v) is 20.5. The van der Waals surface area contributed by atoms with Crippen LogP contribution in [0.2, 0.25) is 0 Å². The standard InChI is InChI=1S/C27H27N5O3S/c1-2-24(34)28-20-4-3-5-22(16-20)35-26-25-23(12-15-36-25)30-27(31-26)29-19-6-8-21(9-7-19)32-13-10-18(17-33)11-14-32/h2-9,12,15-16,18,33H,1,10-11,13-14,17H2,(H,28,34)(H,29,30,31). The zero-order chi connectivity index (χ0) is 24.9. The Morgan fingerprint density at radius 3 is 2.69 bits per heavy atom. The van der Waals surface area contributed by atoms with Gasteiger partial charge in [-0.2, -0.15) is 4.98 Å². The SMILES string of the molecule is C=CC(=O)Nc1cccc(Oc2nc(Nc3ccc(N4CCC(CO)CC4)cc3)nc3ccsc23)c1. The largest absolute Gasteiger partial charge is 0.437 e. The molecule has 0 unspecified atom stereocenters. The molecule has 2 aromatic heterocycles. The molecule has 2 aromatic carbocycles. The average Bonchev–Trinajstić information content (AvgIpc) is 3.38. The molecule has 36 heavy (non-hydrogen) atoms. The second kappa shape index (κ2) is 10.8. The van der Waals surface area contributed by atoms with E-state index in [0.717, 1.165) is 41.8 Å². The van der Waals surface area contributed by atoms with Crippen molar-refractivity contribution in [2.75, 3.05) is 35.2 Å². The molecule has 0 saturated carbocycles. The summed E-state index contributed by atoms with van der Waals surface area (Å²) in [4.78, 5) is 23.3. The number of carbonyl (C=O) groups is 1. The van der Waals surface area contributed by atoms with Gasteiger partial charge >= 0.3 is 0 Å². The molecule has 3 N–H and O–H groups in total. The number of nitrogens with one attached hydrogen (secondary N) is 2. The summed E-state index contributed by atoms with van der Waals surface area (Å²) >= 11 is 1.50. The van der Waals surface area contributed by atoms with E-state index in [9.17, 15) is 9.90 Å². The van der Waals surface area contributed by atoms with E-state index in [0.29, 0.717) is 29.2 Å². The minimum Gasteiger partial charge on any atom is -0.437 e. The Bertz CT molecular complexity index is 1360. The van der Waals surface area contributed by atoms with Gasteiger partial charge in [0.2, 0.25) is 17.7 Å². The smallest absolute Gasteiger partial charge is 0.247 e. The fourth-order valence-electron chi connectivity index (χ4n) is 4.16. The molecule has 0 radical (unpaired) electrons. The van der Waals surface area contributed by atoms with Gasteiger partial charge in [0, 0.05) is 42.8 Å². The van der Waals surface area contributed by atoms with Crippen molar-refractivity contribution in [2.45, 2.75) is 12.8 Å². The van der Waals surface area contributed by atoms with E-state index >= 15 is 0 Å². The van der Waals surface area contributed by atoms with Crippen molar-refractivity contribution in [1.82, 2.24) is 9.97 Å². The van der Waals surface area contributed by atoms with Gasteiger partial charge in [-0.3, -0.25) is 4.79 Å². The molecule has 184 valence electrons. The summed E-state index contributed by atoms with van der Waals surface area (Å²) in [6, 6.07) is 17.3. The number of nitrogens with zero attached hydrogens (tertiary/aromatic N) is 3. The molecular weight excluding hydrogens is 474 g/mol. The lowest BCUT2D eigenvalue weighted by Gasteiger charge is -2.32. The van der Waals surface area contributed by atoms with Crippen molar-refractivity contribution < 1.29 is 14.6 Å². The topological polar surface area (TPSA) is 99.6 Å². The predicted octanol–water partition coefficient (Wildman–Crippen LogP) is 5.56. The van der Waals surface area contributed by atoms with Crippen molar-refractivity contribution in [2.24, 2.45) is 5.92 Å². The van der Waals surface area contributed by atoms with Gasteiger partial charge in [0.25, 0.3) is 0 Å². The van der Waals surface area contributed by atoms with Crippen LogP contribution in [-0.2, 0) is 4.79 Å². The molecular formula is C27H27N5O3S. The van der Waals surface area contributed by atoms with Crippen molar-refractivity contribution in [3.63, 3.8) is 0 Å². The number of aromatic nitrogens is 2. The normalized spacial score (nSPS) is 14.0. The van der Waals surface area contributed by atoms with E-state index in [1.54, 1.807) is 24.3 Å². The maximum absolute atomic E-state index is 11.6. The van der Waals surface area contributed by atoms with E-state index in [1.165, 1.54) is 23.1 Å². The second-order valence-corrected chi connectivity index (χ2v) is 9.51. The molecule has 3 heterocycles. The van der Waals surface area contributed by atoms with Crippen LogP contribution in [0.1, 0.15) is 12.8 Å². The monoisotopic (exact) mass is 501 g/mol. The quantitative estimate of drug-likeness (QED) is 0.272. The molecule has 0 atom stereocenters. The van der Waals surface area contributed by atoms with Gasteiger partial charge in [0.05, 0.1) is 5.52 Å². The lowest BCUT2D eigenvalue weighted by molar-refractivity contribution is -0.111. The maximum Gasteiger partial charge on any atom is 0.247 e. The fraction of sp³-hybridized carbons (Fsp3) is 0.222. The van der Waals surface area contributed by atoms with Crippen LogP contribution in [0.15, 0.2) is 72.6 Å². The third kappa shape index (κ3) is 5.48. The van der Waals surface area contributed by atoms with E-state index in [1.807, 2.05) is 23.6 Å². The first-order chi connectivity index (χ1) is 17.6. The number of anilines is 4. The highest BCUT2D eigenvalue weighted by atomic mass is 32.1. The summed E-state index contributed by atoms with van der Waals surface area (Å²) in [5.41, 5.74) is 3.43. The van der Waals surface area contributed by atoms with Gasteiger partial charge in [-0.05, 0) is 72.7 Å². The van der Waals surface area contributed by atoms with Gasteiger partial charge in [0.15, 0.2) is 0 Å². The first-order valence-corrected chi connectivity index (χ1v) is 12.7. The molecule has 5 rings (SSSR count). The molecule has 1 aliphatic rings. The molecule has 1 saturated heterocycles. The number of aliphatic hydroxyl groups is 1. The van der Waals surface area contributed by atoms with Crippen molar-refractivity contribution in [3.8, 4) is 11.6 Å². The van der Waals surface area contributed by atoms with Crippen molar-refractivity contribution in [3.05, 3.63) is 72.6 Å². The average molecular weight is 502 g/mol. The second-order valence-electron chi connectivity index (χ2n) is 8.60. The number of hydrogen-bond acceptors (Lipinski definition) is 8. The number of piperidine rings is 1. The minimum atomic E-state index is -0.290. The van der Waals surface area contributed by atoms with Gasteiger partial charge in [-0.1, -0.05) is 12.6 Å². The third-order valence-corrected chi connectivity index (χ3v) is 7.03. The van der Waals surface area contributed by atoms with Crippen LogP contribution in [0, 0.1) is 5.92 Å². The summed E-state index contributed by atoms with van der Waals surface area (Å²) < 4.78 is 6.95. The lowest BCUT2D eigenvalue weighted by atomic mass is 9.97. The Hall–Kier alpha value is -3.95. The Morgan fingerprint density at radius 1 is 1.14 bits per heavy atom. The maximum atomic E-state index is 11.6. The van der Waals surface area contributed by atoms with Gasteiger partial charge < -0.3 is 25.4 Å². The first-order valence-electron chi connectivity index (χ1n) is 11.8. The van der Waals surface area contributed by atoms with Crippen LogP contribution in [0.4, 0.5) is 23.0 Å². The molecule has 8 nitrogen and oxygen atoms in total. The molecule has 0 aliphatic carbocycles. The summed E-state index contributed by atoms with van der Waals surface area (Å²) in [5, 5.41) is 17.3. The number of ether oxygens (including phenoxy) is 1. The molecule has 0 spiro atoms. The predicted molar refractivity (Wildman–Crippen MR) is 145 cm³/mol. The van der Waals surface area contributed by atoms with E-state index in [2.05, 4.69) is 44.2 Å². The summed E-state index contributed by atoms with van der Waals surface area (Å²) in [7, 11) is 0. The van der Waals surface area contributed by atoms with Crippen LogP contribution < -0.4 is 20.3 Å². The van der Waals surface area contributed by atoms with E-state index in [4.69, 9.17) is 4.74 Å². The third-order valence-electron chi connectivity index (χ3n) is 6.14. The van der Waals surface area contributed by atoms with E-state index < -0.39 is 0 Å². The highest BCUT2D eigenvalue weighted by Gasteiger charge is 2.19. The number of rotatable bonds is 8. The molecule has 1 fully saturated rings. The number of aliphatic hydroxyl groups excluding tert-OH is 1. The van der Waals surface area contributed by atoms with Crippen molar-refractivity contribution >= 4 is 50.5 Å². The van der Waals surface area contributed by atoms with Gasteiger partial charge in [-0.25, -0.2) is 4.98 Å². The number of hydrogen-bond donors (Lipinski definition) is 3. The number of carbonyl (C=O) groups excluding carboxylic acids is 1. The summed E-state index contributed by atoms with van der Waals surface area (Å²) in [6.07, 6.45) is 3.24. The van der Waals surface area contributed by atoms with Crippen LogP contribution in [-0.4, -0.2) is 40.7 Å². The minimum absolute atomic E-state index is 0.272. The van der Waals surface area contributed by atoms with Crippen molar-refractivity contribution in [1.29, 1.82) is 0 Å². The molecule has 1 aliphatic heterocycles. The molecule has 0 bridgehead atoms.